The molecule has 250 valence electrons. The van der Waals surface area contributed by atoms with Crippen molar-refractivity contribution in [3.05, 3.63) is 100 Å². The van der Waals surface area contributed by atoms with Gasteiger partial charge >= 0.3 is 0 Å². The number of fused-ring (bicyclic) bond motifs is 4. The third-order valence-electron chi connectivity index (χ3n) is 10.6. The lowest BCUT2D eigenvalue weighted by Gasteiger charge is -2.47. The third-order valence-corrected chi connectivity index (χ3v) is 10.6. The van der Waals surface area contributed by atoms with E-state index >= 15 is 0 Å². The molecule has 12 nitrogen and oxygen atoms in total. The number of phenols is 1. The molecular weight excluding hydrogens is 630 g/mol. The highest BCUT2D eigenvalue weighted by molar-refractivity contribution is 6.25. The minimum Gasteiger partial charge on any atom is -0.502 e. The maximum atomic E-state index is 14.5. The van der Waals surface area contributed by atoms with E-state index in [1.54, 1.807) is 55.5 Å². The number of carbonyl (C=O) groups is 4. The van der Waals surface area contributed by atoms with Crippen LogP contribution in [0.3, 0.4) is 0 Å². The number of allylic oxidation sites excluding steroid dienone is 3. The van der Waals surface area contributed by atoms with E-state index in [1.807, 2.05) is 12.2 Å². The van der Waals surface area contributed by atoms with Crippen LogP contribution >= 0.6 is 0 Å². The summed E-state index contributed by atoms with van der Waals surface area (Å²) in [4.78, 5) is 69.9. The number of imide groups is 2. The Hall–Kier alpha value is -5.78. The standard InChI is InChI=1S/C37H33N3O9/c1-37-27(15-12-20-16-29(48-2)32(41)30(17-20)49-3)24-13-14-25-31(35(44)38(33(25)42)22-10-7-11-23(18-22)40(46)47)26(24)19-28(37)34(43)39(36(37)45)21-8-5-4-6-9-21/h4-13,15-18,25-28,31,41H,14,19H2,1-3H3/t25-,26+,27-,28-,31-,37-/m0/s1. The number of nitro benzene ring substituents is 1. The fourth-order valence-corrected chi connectivity index (χ4v) is 8.26. The number of para-hydroxylation sites is 1. The van der Waals surface area contributed by atoms with Crippen molar-refractivity contribution < 1.29 is 38.7 Å². The lowest BCUT2D eigenvalue weighted by Crippen LogP contribution is -2.49. The molecule has 2 aliphatic heterocycles. The number of carbonyl (C=O) groups excluding carboxylic acids is 4. The molecule has 2 heterocycles. The summed E-state index contributed by atoms with van der Waals surface area (Å²) in [7, 11) is 2.83. The zero-order chi connectivity index (χ0) is 34.8. The monoisotopic (exact) mass is 663 g/mol. The molecule has 6 atom stereocenters. The van der Waals surface area contributed by atoms with Crippen LogP contribution in [-0.2, 0) is 19.2 Å². The van der Waals surface area contributed by atoms with E-state index in [1.165, 1.54) is 43.4 Å². The lowest BCUT2D eigenvalue weighted by molar-refractivity contribution is -0.384. The van der Waals surface area contributed by atoms with Gasteiger partial charge in [-0.2, -0.15) is 0 Å². The van der Waals surface area contributed by atoms with Crippen LogP contribution < -0.4 is 19.3 Å². The fourth-order valence-electron chi connectivity index (χ4n) is 8.26. The largest absolute Gasteiger partial charge is 0.502 e. The number of aromatic hydroxyl groups is 1. The van der Waals surface area contributed by atoms with Crippen LogP contribution in [-0.4, -0.2) is 47.9 Å². The summed E-state index contributed by atoms with van der Waals surface area (Å²) in [6.45, 7) is 1.79. The first kappa shape index (κ1) is 31.8. The number of nitrogens with zero attached hydrogens (tertiary/aromatic N) is 3. The molecule has 7 rings (SSSR count). The molecule has 4 amide bonds. The summed E-state index contributed by atoms with van der Waals surface area (Å²) in [5.74, 6) is -5.04. The number of nitro groups is 1. The number of hydrogen-bond donors (Lipinski definition) is 1. The van der Waals surface area contributed by atoms with Gasteiger partial charge in [-0.1, -0.05) is 48.1 Å². The Morgan fingerprint density at radius 3 is 2.20 bits per heavy atom. The van der Waals surface area contributed by atoms with E-state index in [2.05, 4.69) is 0 Å². The summed E-state index contributed by atoms with van der Waals surface area (Å²) >= 11 is 0. The summed E-state index contributed by atoms with van der Waals surface area (Å²) < 4.78 is 10.7. The third kappa shape index (κ3) is 4.73. The first-order valence-corrected chi connectivity index (χ1v) is 15.9. The molecule has 3 aromatic carbocycles. The quantitative estimate of drug-likeness (QED) is 0.153. The predicted molar refractivity (Wildman–Crippen MR) is 178 cm³/mol. The van der Waals surface area contributed by atoms with Crippen LogP contribution in [0.15, 0.2) is 84.5 Å². The van der Waals surface area contributed by atoms with E-state index < -0.39 is 51.7 Å². The van der Waals surface area contributed by atoms with Crippen molar-refractivity contribution in [2.45, 2.75) is 19.8 Å². The van der Waals surface area contributed by atoms with Crippen LogP contribution in [0.1, 0.15) is 25.3 Å². The highest BCUT2D eigenvalue weighted by atomic mass is 16.6. The molecule has 3 aromatic rings. The number of anilines is 2. The summed E-state index contributed by atoms with van der Waals surface area (Å²) in [6.07, 6.45) is 5.93. The van der Waals surface area contributed by atoms with Gasteiger partial charge in [-0.25, -0.2) is 9.80 Å². The van der Waals surface area contributed by atoms with Crippen LogP contribution in [0, 0.1) is 45.1 Å². The maximum absolute atomic E-state index is 14.5. The Kier molecular flexibility index (Phi) is 7.61. The number of benzene rings is 3. The number of ether oxygens (including phenoxy) is 2. The number of methoxy groups -OCH3 is 2. The van der Waals surface area contributed by atoms with Gasteiger partial charge in [0.25, 0.3) is 5.69 Å². The SMILES string of the molecule is COc1cc(C=C[C@H]2C3=CC[C@@H]4C(=O)N(c5cccc([N+](=O)[O-])c5)C(=O)[C@@H]4[C@@H]3C[C@H]3C(=O)N(c4ccccc4)C(=O)[C@@]23C)cc(OC)c1O. The normalized spacial score (nSPS) is 27.6. The van der Waals surface area contributed by atoms with Crippen molar-refractivity contribution in [2.75, 3.05) is 24.0 Å². The van der Waals surface area contributed by atoms with E-state index in [9.17, 15) is 34.4 Å². The van der Waals surface area contributed by atoms with E-state index in [0.29, 0.717) is 11.3 Å². The molecule has 1 saturated carbocycles. The number of rotatable bonds is 7. The molecular formula is C37H33N3O9. The Morgan fingerprint density at radius 1 is 0.878 bits per heavy atom. The van der Waals surface area contributed by atoms with Gasteiger partial charge in [0, 0.05) is 18.1 Å². The van der Waals surface area contributed by atoms with Crippen LogP contribution in [0.25, 0.3) is 6.08 Å². The zero-order valence-electron chi connectivity index (χ0n) is 26.9. The van der Waals surface area contributed by atoms with Gasteiger partial charge in [0.2, 0.25) is 29.4 Å². The average molecular weight is 664 g/mol. The minimum absolute atomic E-state index is 0.120. The number of hydrogen-bond acceptors (Lipinski definition) is 9. The molecule has 49 heavy (non-hydrogen) atoms. The molecule has 0 radical (unpaired) electrons. The van der Waals surface area contributed by atoms with Gasteiger partial charge in [0.05, 0.1) is 53.7 Å². The highest BCUT2D eigenvalue weighted by Crippen LogP contribution is 2.61. The van der Waals surface area contributed by atoms with Crippen molar-refractivity contribution in [3.63, 3.8) is 0 Å². The van der Waals surface area contributed by atoms with Crippen molar-refractivity contribution in [3.8, 4) is 17.2 Å². The summed E-state index contributed by atoms with van der Waals surface area (Å²) in [6, 6.07) is 17.4. The Morgan fingerprint density at radius 2 is 1.55 bits per heavy atom. The highest BCUT2D eigenvalue weighted by Gasteiger charge is 2.67. The molecule has 12 heteroatoms. The van der Waals surface area contributed by atoms with Gasteiger partial charge in [0.1, 0.15) is 0 Å². The second kappa shape index (κ2) is 11.7. The smallest absolute Gasteiger partial charge is 0.271 e. The Labute approximate surface area is 281 Å². The minimum atomic E-state index is -1.23. The number of phenolic OH excluding ortho intramolecular Hbond substituents is 1. The molecule has 3 fully saturated rings. The van der Waals surface area contributed by atoms with E-state index in [-0.39, 0.29) is 53.3 Å². The number of non-ortho nitro benzene ring substituents is 1. The second-order valence-electron chi connectivity index (χ2n) is 13.0. The van der Waals surface area contributed by atoms with E-state index in [0.717, 1.165) is 10.5 Å². The van der Waals surface area contributed by atoms with Gasteiger partial charge in [-0.3, -0.25) is 29.3 Å². The molecule has 4 aliphatic rings. The van der Waals surface area contributed by atoms with Crippen LogP contribution in [0.2, 0.25) is 0 Å². The molecule has 2 aliphatic carbocycles. The lowest BCUT2D eigenvalue weighted by atomic mass is 9.52. The first-order valence-electron chi connectivity index (χ1n) is 15.9. The maximum Gasteiger partial charge on any atom is 0.271 e. The van der Waals surface area contributed by atoms with E-state index in [4.69, 9.17) is 9.47 Å². The van der Waals surface area contributed by atoms with Crippen LogP contribution in [0.5, 0.6) is 17.2 Å². The fraction of sp³-hybridized carbons (Fsp3) is 0.297. The molecule has 0 bridgehead atoms. The molecule has 0 spiro atoms. The van der Waals surface area contributed by atoms with Crippen molar-refractivity contribution in [1.82, 2.24) is 0 Å². The topological polar surface area (TPSA) is 157 Å². The molecule has 1 N–H and O–H groups in total. The van der Waals surface area contributed by atoms with Gasteiger partial charge in [-0.05, 0) is 61.6 Å². The van der Waals surface area contributed by atoms with Crippen LogP contribution in [0.4, 0.5) is 17.1 Å². The van der Waals surface area contributed by atoms with Gasteiger partial charge < -0.3 is 14.6 Å². The van der Waals surface area contributed by atoms with Gasteiger partial charge in [-0.15, -0.1) is 0 Å². The van der Waals surface area contributed by atoms with Crippen molar-refractivity contribution in [1.29, 1.82) is 0 Å². The zero-order valence-corrected chi connectivity index (χ0v) is 26.9. The first-order chi connectivity index (χ1) is 23.5. The summed E-state index contributed by atoms with van der Waals surface area (Å²) in [5.41, 5.74) is 0.479. The van der Waals surface area contributed by atoms with Crippen molar-refractivity contribution >= 4 is 46.8 Å². The molecule has 2 saturated heterocycles. The Bertz CT molecular complexity index is 1960. The Balaban J connectivity index is 1.33. The number of amides is 4. The van der Waals surface area contributed by atoms with Gasteiger partial charge in [0.15, 0.2) is 11.5 Å². The molecule has 0 aromatic heterocycles. The summed E-state index contributed by atoms with van der Waals surface area (Å²) in [5, 5.41) is 22.0. The molecule has 0 unspecified atom stereocenters. The second-order valence-corrected chi connectivity index (χ2v) is 13.0. The predicted octanol–water partition coefficient (Wildman–Crippen LogP) is 5.30. The average Bonchev–Trinajstić information content (AvgIpc) is 3.48. The van der Waals surface area contributed by atoms with Crippen molar-refractivity contribution in [2.24, 2.45) is 35.0 Å².